The quantitative estimate of drug-likeness (QED) is 0.703. The molecule has 1 rings (SSSR count). The van der Waals surface area contributed by atoms with Gasteiger partial charge in [-0.3, -0.25) is 4.79 Å². The fraction of sp³-hybridized carbons (Fsp3) is 0.909. The molecular weight excluding hydrogens is 256 g/mol. The summed E-state index contributed by atoms with van der Waals surface area (Å²) in [4.78, 5) is 11.8. The van der Waals surface area contributed by atoms with E-state index in [0.717, 1.165) is 0 Å². The number of hydrogen-bond donors (Lipinski definition) is 2. The second-order valence-corrected chi connectivity index (χ2v) is 6.95. The molecule has 1 unspecified atom stereocenters. The molecule has 7 heteroatoms. The van der Waals surface area contributed by atoms with Crippen LogP contribution in [0.4, 0.5) is 0 Å². The van der Waals surface area contributed by atoms with Gasteiger partial charge in [0.1, 0.15) is 0 Å². The predicted molar refractivity (Wildman–Crippen MR) is 68.4 cm³/mol. The minimum Gasteiger partial charge on any atom is -0.396 e. The summed E-state index contributed by atoms with van der Waals surface area (Å²) in [6.07, 6.45) is 2.31. The third-order valence-corrected chi connectivity index (χ3v) is 4.53. The molecule has 6 nitrogen and oxygen atoms in total. The van der Waals surface area contributed by atoms with Gasteiger partial charge in [-0.05, 0) is 18.8 Å². The summed E-state index contributed by atoms with van der Waals surface area (Å²) in [6, 6.07) is 0. The van der Waals surface area contributed by atoms with Gasteiger partial charge >= 0.3 is 0 Å². The highest BCUT2D eigenvalue weighted by Crippen LogP contribution is 2.19. The van der Waals surface area contributed by atoms with Crippen molar-refractivity contribution in [2.24, 2.45) is 11.8 Å². The fourth-order valence-electron chi connectivity index (χ4n) is 1.93. The van der Waals surface area contributed by atoms with Crippen molar-refractivity contribution >= 4 is 15.9 Å². The summed E-state index contributed by atoms with van der Waals surface area (Å²) >= 11 is 0. The van der Waals surface area contributed by atoms with Crippen molar-refractivity contribution in [3.8, 4) is 0 Å². The zero-order valence-corrected chi connectivity index (χ0v) is 11.7. The van der Waals surface area contributed by atoms with Gasteiger partial charge in [-0.15, -0.1) is 0 Å². The lowest BCUT2D eigenvalue weighted by Crippen LogP contribution is -2.43. The van der Waals surface area contributed by atoms with E-state index < -0.39 is 10.0 Å². The number of sulfonamides is 1. The van der Waals surface area contributed by atoms with Gasteiger partial charge in [-0.25, -0.2) is 12.7 Å². The molecule has 1 atom stereocenters. The first-order valence-electron chi connectivity index (χ1n) is 6.18. The smallest absolute Gasteiger partial charge is 0.223 e. The summed E-state index contributed by atoms with van der Waals surface area (Å²) in [5, 5.41) is 11.6. The number of carbonyl (C=O) groups excluding carboxylic acids is 1. The van der Waals surface area contributed by atoms with E-state index in [1.807, 2.05) is 6.92 Å². The molecule has 1 fully saturated rings. The van der Waals surface area contributed by atoms with E-state index in [0.29, 0.717) is 32.5 Å². The number of amides is 1. The van der Waals surface area contributed by atoms with Crippen molar-refractivity contribution in [2.75, 3.05) is 32.5 Å². The Labute approximate surface area is 108 Å². The SMILES string of the molecule is CC(CO)CNC(=O)C1CCN(S(C)(=O)=O)CC1. The summed E-state index contributed by atoms with van der Waals surface area (Å²) in [5.41, 5.74) is 0. The number of carbonyl (C=O) groups is 1. The maximum atomic E-state index is 11.8. The molecule has 1 aliphatic heterocycles. The van der Waals surface area contributed by atoms with Crippen LogP contribution in [-0.2, 0) is 14.8 Å². The average Bonchev–Trinajstić information content (AvgIpc) is 2.34. The molecule has 0 spiro atoms. The molecule has 1 aliphatic rings. The molecule has 0 aliphatic carbocycles. The Morgan fingerprint density at radius 1 is 1.44 bits per heavy atom. The van der Waals surface area contributed by atoms with Crippen molar-refractivity contribution in [3.63, 3.8) is 0 Å². The minimum atomic E-state index is -3.14. The zero-order valence-electron chi connectivity index (χ0n) is 10.9. The molecule has 0 aromatic carbocycles. The lowest BCUT2D eigenvalue weighted by Gasteiger charge is -2.29. The molecule has 0 saturated carbocycles. The second kappa shape index (κ2) is 6.49. The van der Waals surface area contributed by atoms with Gasteiger partial charge in [0, 0.05) is 32.2 Å². The van der Waals surface area contributed by atoms with Crippen LogP contribution in [0.5, 0.6) is 0 Å². The lowest BCUT2D eigenvalue weighted by molar-refractivity contribution is -0.126. The largest absolute Gasteiger partial charge is 0.396 e. The van der Waals surface area contributed by atoms with Crippen molar-refractivity contribution in [1.29, 1.82) is 0 Å². The molecule has 1 amide bonds. The van der Waals surface area contributed by atoms with Crippen molar-refractivity contribution < 1.29 is 18.3 Å². The van der Waals surface area contributed by atoms with Gasteiger partial charge < -0.3 is 10.4 Å². The normalized spacial score (nSPS) is 20.6. The standard InChI is InChI=1S/C11H22N2O4S/c1-9(8-14)7-12-11(15)10-3-5-13(6-4-10)18(2,16)17/h9-10,14H,3-8H2,1-2H3,(H,12,15). The highest BCUT2D eigenvalue weighted by Gasteiger charge is 2.28. The fourth-order valence-corrected chi connectivity index (χ4v) is 2.81. The van der Waals surface area contributed by atoms with E-state index in [1.54, 1.807) is 0 Å². The first-order valence-corrected chi connectivity index (χ1v) is 8.03. The number of aliphatic hydroxyl groups is 1. The molecule has 0 aromatic heterocycles. The van der Waals surface area contributed by atoms with Gasteiger partial charge in [0.15, 0.2) is 0 Å². The van der Waals surface area contributed by atoms with E-state index in [1.165, 1.54) is 10.6 Å². The predicted octanol–water partition coefficient (Wildman–Crippen LogP) is -0.597. The third-order valence-electron chi connectivity index (χ3n) is 3.23. The summed E-state index contributed by atoms with van der Waals surface area (Å²) in [6.45, 7) is 3.18. The molecule has 18 heavy (non-hydrogen) atoms. The van der Waals surface area contributed by atoms with E-state index in [9.17, 15) is 13.2 Å². The van der Waals surface area contributed by atoms with E-state index >= 15 is 0 Å². The van der Waals surface area contributed by atoms with Gasteiger partial charge in [-0.1, -0.05) is 6.92 Å². The lowest BCUT2D eigenvalue weighted by atomic mass is 9.97. The Morgan fingerprint density at radius 3 is 2.44 bits per heavy atom. The average molecular weight is 278 g/mol. The molecule has 1 heterocycles. The molecule has 0 radical (unpaired) electrons. The zero-order chi connectivity index (χ0) is 13.8. The maximum absolute atomic E-state index is 11.8. The number of rotatable bonds is 5. The Kier molecular flexibility index (Phi) is 5.55. The summed E-state index contributed by atoms with van der Waals surface area (Å²) in [7, 11) is -3.14. The number of piperidine rings is 1. The van der Waals surface area contributed by atoms with Gasteiger partial charge in [0.25, 0.3) is 0 Å². The number of nitrogens with one attached hydrogen (secondary N) is 1. The van der Waals surface area contributed by atoms with Crippen LogP contribution < -0.4 is 5.32 Å². The molecule has 1 saturated heterocycles. The van der Waals surface area contributed by atoms with Crippen LogP contribution in [0.25, 0.3) is 0 Å². The van der Waals surface area contributed by atoms with Crippen molar-refractivity contribution in [3.05, 3.63) is 0 Å². The topological polar surface area (TPSA) is 86.7 Å². The number of aliphatic hydroxyl groups excluding tert-OH is 1. The molecule has 2 N–H and O–H groups in total. The monoisotopic (exact) mass is 278 g/mol. The van der Waals surface area contributed by atoms with Gasteiger partial charge in [0.2, 0.25) is 15.9 Å². The van der Waals surface area contributed by atoms with Gasteiger partial charge in [0.05, 0.1) is 6.26 Å². The van der Waals surface area contributed by atoms with Crippen LogP contribution in [0, 0.1) is 11.8 Å². The van der Waals surface area contributed by atoms with Gasteiger partial charge in [-0.2, -0.15) is 0 Å². The highest BCUT2D eigenvalue weighted by molar-refractivity contribution is 7.88. The van der Waals surface area contributed by atoms with Crippen LogP contribution in [-0.4, -0.2) is 56.2 Å². The Morgan fingerprint density at radius 2 is 2.00 bits per heavy atom. The first-order chi connectivity index (χ1) is 8.34. The Bertz CT molecular complexity index is 375. The van der Waals surface area contributed by atoms with Crippen LogP contribution in [0.3, 0.4) is 0 Å². The van der Waals surface area contributed by atoms with E-state index in [4.69, 9.17) is 5.11 Å². The molecular formula is C11H22N2O4S. The Balaban J connectivity index is 2.36. The van der Waals surface area contributed by atoms with Crippen LogP contribution in [0.2, 0.25) is 0 Å². The van der Waals surface area contributed by atoms with Crippen LogP contribution >= 0.6 is 0 Å². The van der Waals surface area contributed by atoms with E-state index in [-0.39, 0.29) is 24.3 Å². The third kappa shape index (κ3) is 4.55. The van der Waals surface area contributed by atoms with Crippen molar-refractivity contribution in [2.45, 2.75) is 19.8 Å². The number of hydrogen-bond acceptors (Lipinski definition) is 4. The molecule has 0 bridgehead atoms. The maximum Gasteiger partial charge on any atom is 0.223 e. The van der Waals surface area contributed by atoms with Crippen LogP contribution in [0.1, 0.15) is 19.8 Å². The summed E-state index contributed by atoms with van der Waals surface area (Å²) < 4.78 is 24.0. The summed E-state index contributed by atoms with van der Waals surface area (Å²) in [5.74, 6) is -0.109. The number of nitrogens with zero attached hydrogens (tertiary/aromatic N) is 1. The van der Waals surface area contributed by atoms with Crippen molar-refractivity contribution in [1.82, 2.24) is 9.62 Å². The highest BCUT2D eigenvalue weighted by atomic mass is 32.2. The Hall–Kier alpha value is -0.660. The first kappa shape index (κ1) is 15.4. The van der Waals surface area contributed by atoms with E-state index in [2.05, 4.69) is 5.32 Å². The van der Waals surface area contributed by atoms with Crippen LogP contribution in [0.15, 0.2) is 0 Å². The molecule has 106 valence electrons. The second-order valence-electron chi connectivity index (χ2n) is 4.97. The minimum absolute atomic E-state index is 0.0385. The molecule has 0 aromatic rings.